The van der Waals surface area contributed by atoms with Crippen molar-refractivity contribution in [2.45, 2.75) is 43.5 Å². The standard InChI is InChI=1S/C31H34N2O6S/c1-22-6-15-28(16-7-22)40(34,35)38-21-27(39-31-5-3-4-18-36-31)20-37-26-14-10-24-11-17-29(33-30(24)19-26)23-8-12-25(32-2)13-9-23/h6-17,19,27,31-32H,3-5,18,20-21H2,1-2H3. The number of aromatic nitrogens is 1. The van der Waals surface area contributed by atoms with E-state index in [0.717, 1.165) is 52.7 Å². The molecular formula is C31H34N2O6S. The zero-order valence-corrected chi connectivity index (χ0v) is 23.5. The molecule has 9 heteroatoms. The minimum atomic E-state index is -3.95. The summed E-state index contributed by atoms with van der Waals surface area (Å²) >= 11 is 0. The van der Waals surface area contributed by atoms with Gasteiger partial charge in [-0.2, -0.15) is 8.42 Å². The van der Waals surface area contributed by atoms with Crippen LogP contribution in [0.25, 0.3) is 22.2 Å². The van der Waals surface area contributed by atoms with Crippen LogP contribution in [0.3, 0.4) is 0 Å². The van der Waals surface area contributed by atoms with E-state index in [0.29, 0.717) is 12.4 Å². The number of nitrogens with zero attached hydrogens (tertiary/aromatic N) is 1. The van der Waals surface area contributed by atoms with Crippen molar-refractivity contribution in [2.75, 3.05) is 32.2 Å². The third kappa shape index (κ3) is 7.17. The van der Waals surface area contributed by atoms with Crippen LogP contribution >= 0.6 is 0 Å². The Morgan fingerprint density at radius 2 is 1.75 bits per heavy atom. The van der Waals surface area contributed by atoms with Crippen molar-refractivity contribution in [1.82, 2.24) is 4.98 Å². The molecule has 40 heavy (non-hydrogen) atoms. The van der Waals surface area contributed by atoms with Crippen molar-refractivity contribution in [3.63, 3.8) is 0 Å². The Balaban J connectivity index is 1.29. The zero-order valence-electron chi connectivity index (χ0n) is 22.7. The predicted molar refractivity (Wildman–Crippen MR) is 155 cm³/mol. The Morgan fingerprint density at radius 3 is 2.48 bits per heavy atom. The minimum Gasteiger partial charge on any atom is -0.491 e. The predicted octanol–water partition coefficient (Wildman–Crippen LogP) is 5.95. The summed E-state index contributed by atoms with van der Waals surface area (Å²) in [6.45, 7) is 2.39. The van der Waals surface area contributed by atoms with Crippen LogP contribution in [0.5, 0.6) is 5.75 Å². The van der Waals surface area contributed by atoms with Gasteiger partial charge in [-0.1, -0.05) is 35.9 Å². The Bertz CT molecular complexity index is 1520. The number of ether oxygens (including phenoxy) is 3. The molecule has 3 aromatic carbocycles. The van der Waals surface area contributed by atoms with E-state index in [2.05, 4.69) is 5.32 Å². The van der Waals surface area contributed by atoms with Crippen LogP contribution in [-0.2, 0) is 23.8 Å². The topological polar surface area (TPSA) is 96.0 Å². The van der Waals surface area contributed by atoms with Crippen LogP contribution in [0.1, 0.15) is 24.8 Å². The fourth-order valence-corrected chi connectivity index (χ4v) is 5.38. The number of anilines is 1. The average Bonchev–Trinajstić information content (AvgIpc) is 2.99. The summed E-state index contributed by atoms with van der Waals surface area (Å²) in [5.74, 6) is 0.599. The lowest BCUT2D eigenvalue weighted by atomic mass is 10.1. The first kappa shape index (κ1) is 28.0. The molecule has 1 aliphatic rings. The summed E-state index contributed by atoms with van der Waals surface area (Å²) in [6, 6.07) is 24.3. The molecule has 1 aliphatic heterocycles. The number of pyridine rings is 1. The smallest absolute Gasteiger partial charge is 0.297 e. The molecule has 2 atom stereocenters. The summed E-state index contributed by atoms with van der Waals surface area (Å²) in [5, 5.41) is 4.11. The summed E-state index contributed by atoms with van der Waals surface area (Å²) in [5.41, 5.74) is 4.66. The maximum Gasteiger partial charge on any atom is 0.297 e. The molecule has 0 aliphatic carbocycles. The van der Waals surface area contributed by atoms with Crippen LogP contribution in [0.15, 0.2) is 83.8 Å². The first-order valence-electron chi connectivity index (χ1n) is 13.4. The number of rotatable bonds is 11. The Hall–Kier alpha value is -3.50. The quantitative estimate of drug-likeness (QED) is 0.224. The van der Waals surface area contributed by atoms with Crippen molar-refractivity contribution in [2.24, 2.45) is 0 Å². The van der Waals surface area contributed by atoms with Crippen molar-refractivity contribution >= 4 is 26.7 Å². The number of hydrogen-bond donors (Lipinski definition) is 1. The SMILES string of the molecule is CNc1ccc(-c2ccc3ccc(OCC(COS(=O)(=O)c4ccc(C)cc4)OC4CCCCO4)cc3n2)cc1. The number of hydrogen-bond acceptors (Lipinski definition) is 8. The fraction of sp³-hybridized carbons (Fsp3) is 0.323. The second-order valence-electron chi connectivity index (χ2n) is 9.80. The molecule has 0 spiro atoms. The van der Waals surface area contributed by atoms with E-state index in [1.165, 1.54) is 12.1 Å². The van der Waals surface area contributed by atoms with Gasteiger partial charge in [0.25, 0.3) is 10.1 Å². The van der Waals surface area contributed by atoms with Gasteiger partial charge in [0.1, 0.15) is 18.5 Å². The monoisotopic (exact) mass is 562 g/mol. The highest BCUT2D eigenvalue weighted by atomic mass is 32.2. The van der Waals surface area contributed by atoms with Crippen LogP contribution in [-0.4, -0.2) is 52.7 Å². The molecule has 5 rings (SSSR count). The van der Waals surface area contributed by atoms with Crippen molar-refractivity contribution < 1.29 is 26.8 Å². The van der Waals surface area contributed by atoms with Crippen molar-refractivity contribution in [3.8, 4) is 17.0 Å². The number of nitrogens with one attached hydrogen (secondary N) is 1. The van der Waals surface area contributed by atoms with Crippen LogP contribution in [0.4, 0.5) is 5.69 Å². The lowest BCUT2D eigenvalue weighted by Crippen LogP contribution is -2.35. The summed E-state index contributed by atoms with van der Waals surface area (Å²) < 4.78 is 48.8. The highest BCUT2D eigenvalue weighted by molar-refractivity contribution is 7.86. The number of benzene rings is 3. The van der Waals surface area contributed by atoms with E-state index in [-0.39, 0.29) is 18.1 Å². The highest BCUT2D eigenvalue weighted by Crippen LogP contribution is 2.26. The molecular weight excluding hydrogens is 528 g/mol. The molecule has 1 N–H and O–H groups in total. The van der Waals surface area contributed by atoms with E-state index < -0.39 is 22.5 Å². The largest absolute Gasteiger partial charge is 0.491 e. The molecule has 0 saturated carbocycles. The minimum absolute atomic E-state index is 0.0833. The molecule has 1 aromatic heterocycles. The summed E-state index contributed by atoms with van der Waals surface area (Å²) in [7, 11) is -2.06. The summed E-state index contributed by atoms with van der Waals surface area (Å²) in [6.07, 6.45) is 1.61. The molecule has 0 amide bonds. The van der Waals surface area contributed by atoms with Crippen LogP contribution < -0.4 is 10.1 Å². The molecule has 4 aromatic rings. The Morgan fingerprint density at radius 1 is 0.975 bits per heavy atom. The maximum absolute atomic E-state index is 12.8. The molecule has 2 unspecified atom stereocenters. The first-order chi connectivity index (χ1) is 19.4. The first-order valence-corrected chi connectivity index (χ1v) is 14.9. The van der Waals surface area contributed by atoms with Gasteiger partial charge in [0.05, 0.1) is 22.7 Å². The van der Waals surface area contributed by atoms with E-state index in [1.807, 2.05) is 68.6 Å². The van der Waals surface area contributed by atoms with Gasteiger partial charge in [0, 0.05) is 36.4 Å². The molecule has 8 nitrogen and oxygen atoms in total. The van der Waals surface area contributed by atoms with Crippen molar-refractivity contribution in [3.05, 3.63) is 84.4 Å². The van der Waals surface area contributed by atoms with E-state index in [9.17, 15) is 8.42 Å². The molecule has 0 radical (unpaired) electrons. The second kappa shape index (κ2) is 12.8. The van der Waals surface area contributed by atoms with Gasteiger partial charge in [-0.25, -0.2) is 4.98 Å². The van der Waals surface area contributed by atoms with Gasteiger partial charge in [-0.05, 0) is 68.7 Å². The van der Waals surface area contributed by atoms with Crippen LogP contribution in [0, 0.1) is 6.92 Å². The third-order valence-corrected chi connectivity index (χ3v) is 8.07. The van der Waals surface area contributed by atoms with Gasteiger partial charge in [0.2, 0.25) is 0 Å². The van der Waals surface area contributed by atoms with Crippen LogP contribution in [0.2, 0.25) is 0 Å². The summed E-state index contributed by atoms with van der Waals surface area (Å²) in [4.78, 5) is 4.94. The molecule has 210 valence electrons. The van der Waals surface area contributed by atoms with Gasteiger partial charge < -0.3 is 19.5 Å². The Kier molecular flexibility index (Phi) is 8.96. The van der Waals surface area contributed by atoms with E-state index in [1.54, 1.807) is 12.1 Å². The normalized spacial score (nSPS) is 16.5. The van der Waals surface area contributed by atoms with Gasteiger partial charge in [-0.15, -0.1) is 0 Å². The van der Waals surface area contributed by atoms with Gasteiger partial charge >= 0.3 is 0 Å². The lowest BCUT2D eigenvalue weighted by molar-refractivity contribution is -0.198. The Labute approximate surface area is 235 Å². The third-order valence-electron chi connectivity index (χ3n) is 6.77. The van der Waals surface area contributed by atoms with E-state index in [4.69, 9.17) is 23.4 Å². The second-order valence-corrected chi connectivity index (χ2v) is 11.4. The lowest BCUT2D eigenvalue weighted by Gasteiger charge is -2.27. The average molecular weight is 563 g/mol. The number of aryl methyl sites for hydroxylation is 1. The zero-order chi connectivity index (χ0) is 28.0. The molecule has 1 saturated heterocycles. The molecule has 1 fully saturated rings. The van der Waals surface area contributed by atoms with E-state index >= 15 is 0 Å². The van der Waals surface area contributed by atoms with Gasteiger partial charge in [-0.3, -0.25) is 4.18 Å². The maximum atomic E-state index is 12.8. The highest BCUT2D eigenvalue weighted by Gasteiger charge is 2.24. The molecule has 2 heterocycles. The van der Waals surface area contributed by atoms with Crippen molar-refractivity contribution in [1.29, 1.82) is 0 Å². The van der Waals surface area contributed by atoms with Gasteiger partial charge in [0.15, 0.2) is 6.29 Å². The molecule has 0 bridgehead atoms. The fourth-order valence-electron chi connectivity index (χ4n) is 4.44. The number of fused-ring (bicyclic) bond motifs is 1.